The first kappa shape index (κ1) is 20.8. The van der Waals surface area contributed by atoms with Crippen LogP contribution in [0.25, 0.3) is 11.3 Å². The zero-order chi connectivity index (χ0) is 20.8. The van der Waals surface area contributed by atoms with Crippen LogP contribution in [-0.2, 0) is 13.0 Å². The van der Waals surface area contributed by atoms with Gasteiger partial charge in [-0.3, -0.25) is 5.10 Å². The van der Waals surface area contributed by atoms with Crippen molar-refractivity contribution in [2.45, 2.75) is 32.7 Å². The summed E-state index contributed by atoms with van der Waals surface area (Å²) in [6.07, 6.45) is 5.79. The zero-order valence-electron chi connectivity index (χ0n) is 18.3. The fourth-order valence-electron chi connectivity index (χ4n) is 4.75. The number of H-pyrrole nitrogens is 1. The van der Waals surface area contributed by atoms with E-state index in [4.69, 9.17) is 0 Å². The highest BCUT2D eigenvalue weighted by Gasteiger charge is 2.21. The number of hydrogen-bond donors (Lipinski definition) is 1. The van der Waals surface area contributed by atoms with E-state index in [1.54, 1.807) is 0 Å². The van der Waals surface area contributed by atoms with Crippen molar-refractivity contribution in [3.8, 4) is 11.3 Å². The van der Waals surface area contributed by atoms with Gasteiger partial charge in [0.2, 0.25) is 0 Å². The summed E-state index contributed by atoms with van der Waals surface area (Å²) in [5, 5.41) is 7.50. The second kappa shape index (κ2) is 10.1. The Morgan fingerprint density at radius 2 is 1.87 bits per heavy atom. The van der Waals surface area contributed by atoms with Crippen LogP contribution in [0.2, 0.25) is 0 Å². The number of nitrogens with one attached hydrogen (secondary N) is 1. The van der Waals surface area contributed by atoms with Gasteiger partial charge in [0.15, 0.2) is 0 Å². The lowest BCUT2D eigenvalue weighted by Gasteiger charge is -2.35. The van der Waals surface area contributed by atoms with Gasteiger partial charge in [0, 0.05) is 31.7 Å². The summed E-state index contributed by atoms with van der Waals surface area (Å²) in [7, 11) is 2.24. The van der Waals surface area contributed by atoms with Crippen LogP contribution in [0.3, 0.4) is 0 Å². The van der Waals surface area contributed by atoms with Crippen LogP contribution < -0.4 is 0 Å². The van der Waals surface area contributed by atoms with E-state index < -0.39 is 0 Å². The maximum Gasteiger partial charge on any atom is 0.0695 e. The number of aromatic nitrogens is 2. The van der Waals surface area contributed by atoms with Crippen molar-refractivity contribution >= 4 is 0 Å². The standard InChI is InChI=1S/C26H34N4/c1-21-9-6-7-11-23(21)14-16-30-15-8-10-22(19-30)18-29(2)20-25-17-27-28-26(25)24-12-4-3-5-13-24/h3-7,9,11-13,17,22H,8,10,14-16,18-20H2,1-2H3,(H,27,28)/t22-/m0/s1. The second-order valence-electron chi connectivity index (χ2n) is 8.82. The largest absolute Gasteiger partial charge is 0.303 e. The van der Waals surface area contributed by atoms with E-state index in [2.05, 4.69) is 88.6 Å². The maximum atomic E-state index is 4.31. The molecule has 2 aromatic carbocycles. The summed E-state index contributed by atoms with van der Waals surface area (Å²) in [6.45, 7) is 7.92. The van der Waals surface area contributed by atoms with Crippen molar-refractivity contribution in [3.63, 3.8) is 0 Å². The molecule has 1 aromatic heterocycles. The van der Waals surface area contributed by atoms with Gasteiger partial charge in [-0.15, -0.1) is 0 Å². The van der Waals surface area contributed by atoms with Crippen molar-refractivity contribution in [2.24, 2.45) is 5.92 Å². The molecule has 0 amide bonds. The Hall–Kier alpha value is -2.43. The summed E-state index contributed by atoms with van der Waals surface area (Å²) in [6, 6.07) is 19.3. The molecule has 4 nitrogen and oxygen atoms in total. The highest BCUT2D eigenvalue weighted by molar-refractivity contribution is 5.62. The SMILES string of the molecule is Cc1ccccc1CCN1CCC[C@@H](CN(C)Cc2cn[nH]c2-c2ccccc2)C1. The molecule has 4 heteroatoms. The molecule has 1 saturated heterocycles. The van der Waals surface area contributed by atoms with Gasteiger partial charge in [0.05, 0.1) is 11.9 Å². The lowest BCUT2D eigenvalue weighted by Crippen LogP contribution is -2.40. The molecule has 30 heavy (non-hydrogen) atoms. The van der Waals surface area contributed by atoms with Crippen molar-refractivity contribution in [1.29, 1.82) is 0 Å². The first-order chi connectivity index (χ1) is 14.7. The molecule has 1 N–H and O–H groups in total. The fraction of sp³-hybridized carbons (Fsp3) is 0.423. The molecule has 0 radical (unpaired) electrons. The van der Waals surface area contributed by atoms with Gasteiger partial charge in [0.25, 0.3) is 0 Å². The lowest BCUT2D eigenvalue weighted by molar-refractivity contribution is 0.142. The molecular weight excluding hydrogens is 368 g/mol. The fourth-order valence-corrected chi connectivity index (χ4v) is 4.75. The molecule has 0 aliphatic carbocycles. The number of nitrogens with zero attached hydrogens (tertiary/aromatic N) is 3. The number of aryl methyl sites for hydroxylation is 1. The van der Waals surface area contributed by atoms with Crippen LogP contribution in [0, 0.1) is 12.8 Å². The molecule has 0 bridgehead atoms. The van der Waals surface area contributed by atoms with Gasteiger partial charge in [-0.25, -0.2) is 0 Å². The molecule has 158 valence electrons. The van der Waals surface area contributed by atoms with E-state index in [0.29, 0.717) is 0 Å². The Balaban J connectivity index is 1.29. The summed E-state index contributed by atoms with van der Waals surface area (Å²) in [5.74, 6) is 0.743. The maximum absolute atomic E-state index is 4.31. The Morgan fingerprint density at radius 1 is 1.07 bits per heavy atom. The molecule has 1 fully saturated rings. The highest BCUT2D eigenvalue weighted by atomic mass is 15.2. The molecule has 1 aliphatic rings. The normalized spacial score (nSPS) is 17.5. The van der Waals surface area contributed by atoms with E-state index in [1.165, 1.54) is 54.7 Å². The van der Waals surface area contributed by atoms with Crippen LogP contribution in [0.4, 0.5) is 0 Å². The summed E-state index contributed by atoms with van der Waals surface area (Å²) < 4.78 is 0. The third-order valence-electron chi connectivity index (χ3n) is 6.35. The van der Waals surface area contributed by atoms with Gasteiger partial charge < -0.3 is 9.80 Å². The number of piperidine rings is 1. The van der Waals surface area contributed by atoms with Crippen LogP contribution in [0.15, 0.2) is 60.8 Å². The molecule has 0 saturated carbocycles. The first-order valence-corrected chi connectivity index (χ1v) is 11.2. The van der Waals surface area contributed by atoms with Gasteiger partial charge in [-0.05, 0) is 62.4 Å². The monoisotopic (exact) mass is 402 g/mol. The molecule has 2 heterocycles. The highest BCUT2D eigenvalue weighted by Crippen LogP contribution is 2.23. The molecular formula is C26H34N4. The first-order valence-electron chi connectivity index (χ1n) is 11.2. The topological polar surface area (TPSA) is 35.2 Å². The smallest absolute Gasteiger partial charge is 0.0695 e. The molecule has 3 aromatic rings. The molecule has 0 unspecified atom stereocenters. The van der Waals surface area contributed by atoms with Crippen LogP contribution >= 0.6 is 0 Å². The van der Waals surface area contributed by atoms with Gasteiger partial charge in [-0.1, -0.05) is 54.6 Å². The second-order valence-corrected chi connectivity index (χ2v) is 8.82. The van der Waals surface area contributed by atoms with E-state index in [-0.39, 0.29) is 0 Å². The van der Waals surface area contributed by atoms with E-state index in [0.717, 1.165) is 31.1 Å². The molecule has 1 aliphatic heterocycles. The Morgan fingerprint density at radius 3 is 2.70 bits per heavy atom. The number of likely N-dealkylation sites (tertiary alicyclic amines) is 1. The summed E-state index contributed by atoms with van der Waals surface area (Å²) in [4.78, 5) is 5.13. The van der Waals surface area contributed by atoms with Gasteiger partial charge in [-0.2, -0.15) is 5.10 Å². The lowest BCUT2D eigenvalue weighted by atomic mass is 9.96. The van der Waals surface area contributed by atoms with Crippen molar-refractivity contribution < 1.29 is 0 Å². The van der Waals surface area contributed by atoms with Crippen LogP contribution in [0.1, 0.15) is 29.5 Å². The third-order valence-corrected chi connectivity index (χ3v) is 6.35. The van der Waals surface area contributed by atoms with Gasteiger partial charge in [0.1, 0.15) is 0 Å². The number of hydrogen-bond acceptors (Lipinski definition) is 3. The number of benzene rings is 2. The zero-order valence-corrected chi connectivity index (χ0v) is 18.3. The van der Waals surface area contributed by atoms with Crippen LogP contribution in [0.5, 0.6) is 0 Å². The number of aromatic amines is 1. The van der Waals surface area contributed by atoms with E-state index in [9.17, 15) is 0 Å². The third kappa shape index (κ3) is 5.38. The molecule has 4 rings (SSSR count). The Labute approximate surface area is 180 Å². The van der Waals surface area contributed by atoms with E-state index >= 15 is 0 Å². The summed E-state index contributed by atoms with van der Waals surface area (Å²) >= 11 is 0. The Bertz CT molecular complexity index is 918. The molecule has 1 atom stereocenters. The van der Waals surface area contributed by atoms with Gasteiger partial charge >= 0.3 is 0 Å². The minimum Gasteiger partial charge on any atom is -0.303 e. The summed E-state index contributed by atoms with van der Waals surface area (Å²) in [5.41, 5.74) is 6.53. The molecule has 0 spiro atoms. The average Bonchev–Trinajstić information content (AvgIpc) is 3.22. The Kier molecular flexibility index (Phi) is 6.98. The minimum absolute atomic E-state index is 0.743. The predicted octanol–water partition coefficient (Wildman–Crippen LogP) is 4.77. The predicted molar refractivity (Wildman–Crippen MR) is 124 cm³/mol. The average molecular weight is 403 g/mol. The van der Waals surface area contributed by atoms with Crippen molar-refractivity contribution in [1.82, 2.24) is 20.0 Å². The van der Waals surface area contributed by atoms with Crippen LogP contribution in [-0.4, -0.2) is 53.2 Å². The minimum atomic E-state index is 0.743. The quantitative estimate of drug-likeness (QED) is 0.589. The number of rotatable bonds is 8. The van der Waals surface area contributed by atoms with E-state index in [1.807, 2.05) is 6.20 Å². The van der Waals surface area contributed by atoms with Crippen molar-refractivity contribution in [3.05, 3.63) is 77.5 Å². The van der Waals surface area contributed by atoms with Crippen molar-refractivity contribution in [2.75, 3.05) is 33.2 Å².